The Hall–Kier alpha value is -2.39. The van der Waals surface area contributed by atoms with Gasteiger partial charge in [-0.3, -0.25) is 9.10 Å². The van der Waals surface area contributed by atoms with E-state index in [4.69, 9.17) is 4.74 Å². The molecule has 1 N–H and O–H groups in total. The quantitative estimate of drug-likeness (QED) is 0.702. The Balaban J connectivity index is 1.53. The predicted octanol–water partition coefficient (Wildman–Crippen LogP) is 3.59. The van der Waals surface area contributed by atoms with Crippen LogP contribution in [0.4, 0.5) is 10.7 Å². The van der Waals surface area contributed by atoms with E-state index >= 15 is 0 Å². The van der Waals surface area contributed by atoms with Gasteiger partial charge in [-0.1, -0.05) is 0 Å². The molecule has 2 aliphatic rings. The molecular weight excluding hydrogens is 412 g/mol. The monoisotopic (exact) mass is 434 g/mol. The SMILES string of the molecule is CCOC(=O)c1c(C2CC2)csc1NC(=O)c1ccc(N2CCCS2(=O)=O)cc1. The average Bonchev–Trinajstić information content (AvgIpc) is 3.36. The first-order valence-corrected chi connectivity index (χ1v) is 12.1. The number of esters is 1. The Morgan fingerprint density at radius 1 is 1.24 bits per heavy atom. The number of hydrogen-bond acceptors (Lipinski definition) is 6. The lowest BCUT2D eigenvalue weighted by Crippen LogP contribution is -2.25. The van der Waals surface area contributed by atoms with Crippen molar-refractivity contribution in [2.45, 2.75) is 32.1 Å². The summed E-state index contributed by atoms with van der Waals surface area (Å²) in [5, 5.41) is 5.23. The number of amides is 1. The minimum atomic E-state index is -3.26. The van der Waals surface area contributed by atoms with Crippen molar-refractivity contribution in [3.8, 4) is 0 Å². The molecular formula is C20H22N2O5S2. The number of hydrogen-bond donors (Lipinski definition) is 1. The van der Waals surface area contributed by atoms with Crippen LogP contribution >= 0.6 is 11.3 Å². The molecule has 0 atom stereocenters. The molecule has 1 amide bonds. The van der Waals surface area contributed by atoms with Crippen LogP contribution in [-0.2, 0) is 14.8 Å². The molecule has 1 aliphatic carbocycles. The first-order chi connectivity index (χ1) is 13.9. The Kier molecular flexibility index (Phi) is 5.35. The number of sulfonamides is 1. The van der Waals surface area contributed by atoms with Gasteiger partial charge in [0.2, 0.25) is 10.0 Å². The van der Waals surface area contributed by atoms with Crippen LogP contribution < -0.4 is 9.62 Å². The van der Waals surface area contributed by atoms with Crippen LogP contribution in [0.15, 0.2) is 29.6 Å². The maximum atomic E-state index is 12.7. The average molecular weight is 435 g/mol. The molecule has 29 heavy (non-hydrogen) atoms. The van der Waals surface area contributed by atoms with Crippen molar-refractivity contribution >= 4 is 43.9 Å². The highest BCUT2D eigenvalue weighted by Gasteiger charge is 2.32. The van der Waals surface area contributed by atoms with Gasteiger partial charge in [-0.05, 0) is 67.3 Å². The lowest BCUT2D eigenvalue weighted by molar-refractivity contribution is 0.0527. The Labute approximate surface area is 173 Å². The third-order valence-corrected chi connectivity index (χ3v) is 7.84. The van der Waals surface area contributed by atoms with Crippen molar-refractivity contribution in [3.63, 3.8) is 0 Å². The molecule has 0 unspecified atom stereocenters. The van der Waals surface area contributed by atoms with Crippen molar-refractivity contribution in [1.29, 1.82) is 0 Å². The molecule has 154 valence electrons. The molecule has 1 saturated carbocycles. The number of carbonyl (C=O) groups is 2. The van der Waals surface area contributed by atoms with Crippen LogP contribution in [0.5, 0.6) is 0 Å². The van der Waals surface area contributed by atoms with Crippen LogP contribution in [0.25, 0.3) is 0 Å². The minimum absolute atomic E-state index is 0.146. The Morgan fingerprint density at radius 2 is 1.97 bits per heavy atom. The molecule has 0 bridgehead atoms. The fraction of sp³-hybridized carbons (Fsp3) is 0.400. The number of nitrogens with one attached hydrogen (secondary N) is 1. The molecule has 9 heteroatoms. The highest BCUT2D eigenvalue weighted by atomic mass is 32.2. The number of carbonyl (C=O) groups excluding carboxylic acids is 2. The second-order valence-electron chi connectivity index (χ2n) is 7.13. The molecule has 4 rings (SSSR count). The maximum Gasteiger partial charge on any atom is 0.341 e. The van der Waals surface area contributed by atoms with E-state index in [9.17, 15) is 18.0 Å². The molecule has 2 aromatic rings. The van der Waals surface area contributed by atoms with E-state index < -0.39 is 16.0 Å². The van der Waals surface area contributed by atoms with E-state index in [0.717, 1.165) is 18.4 Å². The van der Waals surface area contributed by atoms with E-state index in [1.807, 2.05) is 5.38 Å². The summed E-state index contributed by atoms with van der Waals surface area (Å²) < 4.78 is 30.6. The normalized spacial score (nSPS) is 17.9. The number of thiophene rings is 1. The van der Waals surface area contributed by atoms with Gasteiger partial charge < -0.3 is 10.1 Å². The number of benzene rings is 1. The van der Waals surface area contributed by atoms with Gasteiger partial charge in [0.05, 0.1) is 23.6 Å². The molecule has 1 aromatic heterocycles. The summed E-state index contributed by atoms with van der Waals surface area (Å²) in [6, 6.07) is 6.46. The van der Waals surface area contributed by atoms with Crippen LogP contribution in [0.2, 0.25) is 0 Å². The highest BCUT2D eigenvalue weighted by molar-refractivity contribution is 7.93. The predicted molar refractivity (Wildman–Crippen MR) is 112 cm³/mol. The first kappa shape index (κ1) is 19.9. The summed E-state index contributed by atoms with van der Waals surface area (Å²) in [7, 11) is -3.26. The van der Waals surface area contributed by atoms with Crippen molar-refractivity contribution in [1.82, 2.24) is 0 Å². The van der Waals surface area contributed by atoms with E-state index in [1.165, 1.54) is 15.6 Å². The smallest absolute Gasteiger partial charge is 0.341 e. The van der Waals surface area contributed by atoms with E-state index in [-0.39, 0.29) is 18.3 Å². The van der Waals surface area contributed by atoms with Gasteiger partial charge in [0.25, 0.3) is 5.91 Å². The summed E-state index contributed by atoms with van der Waals surface area (Å²) >= 11 is 1.32. The largest absolute Gasteiger partial charge is 0.462 e. The van der Waals surface area contributed by atoms with E-state index in [1.54, 1.807) is 31.2 Å². The van der Waals surface area contributed by atoms with Crippen molar-refractivity contribution < 1.29 is 22.7 Å². The van der Waals surface area contributed by atoms with Crippen LogP contribution in [-0.4, -0.2) is 39.2 Å². The zero-order valence-electron chi connectivity index (χ0n) is 16.0. The first-order valence-electron chi connectivity index (χ1n) is 9.61. The van der Waals surface area contributed by atoms with Crippen molar-refractivity contribution in [2.75, 3.05) is 28.5 Å². The second kappa shape index (κ2) is 7.79. The summed E-state index contributed by atoms with van der Waals surface area (Å²) in [5.41, 5.74) is 2.34. The van der Waals surface area contributed by atoms with Crippen molar-refractivity contribution in [2.24, 2.45) is 0 Å². The van der Waals surface area contributed by atoms with Crippen molar-refractivity contribution in [3.05, 3.63) is 46.3 Å². The molecule has 0 spiro atoms. The fourth-order valence-electron chi connectivity index (χ4n) is 3.46. The van der Waals surface area contributed by atoms with Gasteiger partial charge in [-0.25, -0.2) is 13.2 Å². The lowest BCUT2D eigenvalue weighted by Gasteiger charge is -2.17. The zero-order valence-corrected chi connectivity index (χ0v) is 17.6. The Morgan fingerprint density at radius 3 is 2.55 bits per heavy atom. The molecule has 7 nitrogen and oxygen atoms in total. The molecule has 2 fully saturated rings. The van der Waals surface area contributed by atoms with Gasteiger partial charge in [0.15, 0.2) is 0 Å². The third kappa shape index (κ3) is 4.02. The summed E-state index contributed by atoms with van der Waals surface area (Å²) in [5.74, 6) is -0.262. The third-order valence-electron chi connectivity index (χ3n) is 5.06. The van der Waals surface area contributed by atoms with Crippen LogP contribution in [0.3, 0.4) is 0 Å². The highest BCUT2D eigenvalue weighted by Crippen LogP contribution is 2.46. The minimum Gasteiger partial charge on any atom is -0.462 e. The van der Waals surface area contributed by atoms with Gasteiger partial charge >= 0.3 is 5.97 Å². The van der Waals surface area contributed by atoms with Crippen LogP contribution in [0, 0.1) is 0 Å². The van der Waals surface area contributed by atoms with Gasteiger partial charge in [-0.2, -0.15) is 0 Å². The number of nitrogens with zero attached hydrogens (tertiary/aromatic N) is 1. The van der Waals surface area contributed by atoms with Gasteiger partial charge in [0.1, 0.15) is 5.00 Å². The fourth-order valence-corrected chi connectivity index (χ4v) is 6.05. The lowest BCUT2D eigenvalue weighted by atomic mass is 10.1. The van der Waals surface area contributed by atoms with Gasteiger partial charge in [0, 0.05) is 12.1 Å². The summed E-state index contributed by atoms with van der Waals surface area (Å²) in [4.78, 5) is 25.1. The molecule has 1 saturated heterocycles. The molecule has 1 aliphatic heterocycles. The van der Waals surface area contributed by atoms with Gasteiger partial charge in [-0.15, -0.1) is 11.3 Å². The van der Waals surface area contributed by atoms with E-state index in [2.05, 4.69) is 5.32 Å². The van der Waals surface area contributed by atoms with E-state index in [0.29, 0.717) is 40.7 Å². The maximum absolute atomic E-state index is 12.7. The molecule has 2 heterocycles. The number of anilines is 2. The Bertz CT molecular complexity index is 1040. The molecule has 1 aromatic carbocycles. The zero-order chi connectivity index (χ0) is 20.6. The summed E-state index contributed by atoms with van der Waals surface area (Å²) in [6.45, 7) is 2.48. The van der Waals surface area contributed by atoms with Crippen LogP contribution in [0.1, 0.15) is 58.4 Å². The second-order valence-corrected chi connectivity index (χ2v) is 10.0. The summed E-state index contributed by atoms with van der Waals surface area (Å²) in [6.07, 6.45) is 2.68. The standard InChI is InChI=1S/C20H22N2O5S2/c1-2-27-20(24)17-16(13-4-5-13)12-28-19(17)21-18(23)14-6-8-15(9-7-14)22-10-3-11-29(22,25)26/h6-9,12-13H,2-5,10-11H2,1H3,(H,21,23). The topological polar surface area (TPSA) is 92.8 Å². The number of rotatable bonds is 6. The number of ether oxygens (including phenoxy) is 1. The molecule has 0 radical (unpaired) electrons.